The molecule has 1 aromatic rings. The van der Waals surface area contributed by atoms with Crippen molar-refractivity contribution < 1.29 is 8.78 Å². The van der Waals surface area contributed by atoms with Crippen molar-refractivity contribution in [3.63, 3.8) is 0 Å². The normalized spacial score (nSPS) is 20.6. The van der Waals surface area contributed by atoms with Gasteiger partial charge in [-0.15, -0.1) is 10.2 Å². The quantitative estimate of drug-likeness (QED) is 0.877. The summed E-state index contributed by atoms with van der Waals surface area (Å²) in [6, 6.07) is 1.46. The Morgan fingerprint density at radius 1 is 1.47 bits per heavy atom. The van der Waals surface area contributed by atoms with Crippen LogP contribution in [0.4, 0.5) is 14.6 Å². The number of alkyl halides is 2. The number of nitrogens with zero attached hydrogens (tertiary/aromatic N) is 2. The van der Waals surface area contributed by atoms with Crippen molar-refractivity contribution in [2.45, 2.75) is 25.3 Å². The Kier molecular flexibility index (Phi) is 4.06. The summed E-state index contributed by atoms with van der Waals surface area (Å²) in [4.78, 5) is 0. The summed E-state index contributed by atoms with van der Waals surface area (Å²) in [7, 11) is 0. The average Bonchev–Trinajstić information content (AvgIpc) is 2.32. The van der Waals surface area contributed by atoms with E-state index in [1.165, 1.54) is 6.07 Å². The van der Waals surface area contributed by atoms with Gasteiger partial charge in [0.25, 0.3) is 6.43 Å². The van der Waals surface area contributed by atoms with Gasteiger partial charge in [0.2, 0.25) is 0 Å². The van der Waals surface area contributed by atoms with Gasteiger partial charge in [-0.2, -0.15) is 0 Å². The number of nitrogens with one attached hydrogen (secondary N) is 2. The third-order valence-electron chi connectivity index (χ3n) is 2.66. The van der Waals surface area contributed by atoms with Crippen molar-refractivity contribution in [3.8, 4) is 0 Å². The first-order valence-corrected chi connectivity index (χ1v) is 5.83. The fraction of sp³-hybridized carbons (Fsp3) is 0.600. The minimum absolute atomic E-state index is 0.199. The lowest BCUT2D eigenvalue weighted by Gasteiger charge is -2.24. The number of anilines is 1. The summed E-state index contributed by atoms with van der Waals surface area (Å²) in [6.07, 6.45) is -0.593. The van der Waals surface area contributed by atoms with Crippen LogP contribution in [-0.2, 0) is 0 Å². The van der Waals surface area contributed by atoms with Crippen LogP contribution in [0.2, 0.25) is 5.15 Å². The molecule has 0 saturated carbocycles. The minimum Gasteiger partial charge on any atom is -0.365 e. The van der Waals surface area contributed by atoms with Crippen LogP contribution < -0.4 is 10.6 Å². The maximum absolute atomic E-state index is 12.6. The smallest absolute Gasteiger partial charge is 0.267 e. The molecule has 1 aromatic heterocycles. The van der Waals surface area contributed by atoms with Crippen molar-refractivity contribution in [2.75, 3.05) is 18.4 Å². The molecule has 1 saturated heterocycles. The summed E-state index contributed by atoms with van der Waals surface area (Å²) in [5.74, 6) is 0.346. The van der Waals surface area contributed by atoms with E-state index in [4.69, 9.17) is 11.6 Å². The molecule has 0 spiro atoms. The van der Waals surface area contributed by atoms with E-state index in [1.54, 1.807) is 0 Å². The summed E-state index contributed by atoms with van der Waals surface area (Å²) in [6.45, 7) is 1.79. The van der Waals surface area contributed by atoms with Gasteiger partial charge in [0.15, 0.2) is 5.15 Å². The van der Waals surface area contributed by atoms with Crippen molar-refractivity contribution in [1.29, 1.82) is 0 Å². The number of piperidine rings is 1. The second-order valence-corrected chi connectivity index (χ2v) is 4.32. The molecule has 1 aliphatic rings. The number of halogens is 3. The lowest BCUT2D eigenvalue weighted by Crippen LogP contribution is -2.38. The lowest BCUT2D eigenvalue weighted by molar-refractivity contribution is 0.151. The van der Waals surface area contributed by atoms with Crippen molar-refractivity contribution in [2.24, 2.45) is 0 Å². The van der Waals surface area contributed by atoms with Gasteiger partial charge >= 0.3 is 0 Å². The highest BCUT2D eigenvalue weighted by Crippen LogP contribution is 2.26. The lowest BCUT2D eigenvalue weighted by atomic mass is 10.1. The van der Waals surface area contributed by atoms with Gasteiger partial charge in [0, 0.05) is 12.6 Å². The third-order valence-corrected chi connectivity index (χ3v) is 2.95. The molecule has 1 aliphatic heterocycles. The topological polar surface area (TPSA) is 49.8 Å². The summed E-state index contributed by atoms with van der Waals surface area (Å²) in [5.41, 5.74) is -0.284. The van der Waals surface area contributed by atoms with Gasteiger partial charge in [-0.3, -0.25) is 0 Å². The van der Waals surface area contributed by atoms with Crippen molar-refractivity contribution in [3.05, 3.63) is 16.8 Å². The van der Waals surface area contributed by atoms with Crippen LogP contribution in [0.3, 0.4) is 0 Å². The molecule has 0 unspecified atom stereocenters. The Balaban J connectivity index is 2.07. The highest BCUT2D eigenvalue weighted by molar-refractivity contribution is 6.30. The van der Waals surface area contributed by atoms with E-state index >= 15 is 0 Å². The van der Waals surface area contributed by atoms with Crippen LogP contribution in [0.1, 0.15) is 24.8 Å². The summed E-state index contributed by atoms with van der Waals surface area (Å²) in [5, 5.41) is 13.3. The second-order valence-electron chi connectivity index (χ2n) is 3.96. The zero-order valence-corrected chi connectivity index (χ0v) is 9.84. The zero-order chi connectivity index (χ0) is 12.3. The fourth-order valence-corrected chi connectivity index (χ4v) is 1.97. The summed E-state index contributed by atoms with van der Waals surface area (Å²) >= 11 is 5.54. The molecule has 2 heterocycles. The monoisotopic (exact) mass is 262 g/mol. The third kappa shape index (κ3) is 3.23. The fourth-order valence-electron chi connectivity index (χ4n) is 1.80. The van der Waals surface area contributed by atoms with Crippen LogP contribution in [0.25, 0.3) is 0 Å². The minimum atomic E-state index is -2.64. The molecule has 1 fully saturated rings. The van der Waals surface area contributed by atoms with E-state index in [-0.39, 0.29) is 16.8 Å². The Hall–Kier alpha value is -1.01. The van der Waals surface area contributed by atoms with Crippen LogP contribution in [0.15, 0.2) is 6.07 Å². The average molecular weight is 263 g/mol. The highest BCUT2D eigenvalue weighted by atomic mass is 35.5. The van der Waals surface area contributed by atoms with Gasteiger partial charge in [-0.25, -0.2) is 8.78 Å². The van der Waals surface area contributed by atoms with Gasteiger partial charge in [-0.1, -0.05) is 11.6 Å². The van der Waals surface area contributed by atoms with E-state index in [0.29, 0.717) is 5.82 Å². The highest BCUT2D eigenvalue weighted by Gasteiger charge is 2.17. The van der Waals surface area contributed by atoms with E-state index in [0.717, 1.165) is 25.9 Å². The molecular formula is C10H13ClF2N4. The molecule has 17 heavy (non-hydrogen) atoms. The van der Waals surface area contributed by atoms with Gasteiger partial charge in [0.05, 0.1) is 5.56 Å². The molecule has 0 bridgehead atoms. The van der Waals surface area contributed by atoms with Crippen LogP contribution in [-0.4, -0.2) is 29.3 Å². The molecule has 1 atom stereocenters. The van der Waals surface area contributed by atoms with E-state index in [9.17, 15) is 8.78 Å². The van der Waals surface area contributed by atoms with Crippen LogP contribution in [0, 0.1) is 0 Å². The maximum Gasteiger partial charge on any atom is 0.267 e. The van der Waals surface area contributed by atoms with Crippen LogP contribution in [0.5, 0.6) is 0 Å². The molecule has 0 amide bonds. The molecule has 0 radical (unpaired) electrons. The Morgan fingerprint density at radius 3 is 2.94 bits per heavy atom. The number of hydrogen-bond acceptors (Lipinski definition) is 4. The molecule has 0 aliphatic carbocycles. The second kappa shape index (κ2) is 5.55. The van der Waals surface area contributed by atoms with Crippen molar-refractivity contribution >= 4 is 17.4 Å². The Morgan fingerprint density at radius 2 is 2.29 bits per heavy atom. The predicted molar refractivity (Wildman–Crippen MR) is 61.5 cm³/mol. The molecule has 94 valence electrons. The predicted octanol–water partition coefficient (Wildman–Crippen LogP) is 2.23. The molecular weight excluding hydrogens is 250 g/mol. The van der Waals surface area contributed by atoms with Crippen LogP contribution >= 0.6 is 11.6 Å². The standard InChI is InChI=1S/C10H13ClF2N4/c11-9-7(10(12)13)4-8(16-17-9)15-6-2-1-3-14-5-6/h4,6,10,14H,1-3,5H2,(H,15,16)/t6-/m1/s1. The molecule has 0 aromatic carbocycles. The van der Waals surface area contributed by atoms with E-state index < -0.39 is 6.43 Å². The number of hydrogen-bond donors (Lipinski definition) is 2. The first-order valence-electron chi connectivity index (χ1n) is 5.45. The molecule has 2 rings (SSSR count). The summed E-state index contributed by atoms with van der Waals surface area (Å²) < 4.78 is 25.2. The van der Waals surface area contributed by atoms with Crippen molar-refractivity contribution in [1.82, 2.24) is 15.5 Å². The van der Waals surface area contributed by atoms with E-state index in [1.807, 2.05) is 0 Å². The first-order chi connectivity index (χ1) is 8.16. The first kappa shape index (κ1) is 12.4. The molecule has 7 heteroatoms. The largest absolute Gasteiger partial charge is 0.365 e. The van der Waals surface area contributed by atoms with Gasteiger partial charge < -0.3 is 10.6 Å². The number of rotatable bonds is 3. The van der Waals surface area contributed by atoms with E-state index in [2.05, 4.69) is 20.8 Å². The Bertz CT molecular complexity index is 383. The molecule has 4 nitrogen and oxygen atoms in total. The van der Waals surface area contributed by atoms with Gasteiger partial charge in [-0.05, 0) is 25.5 Å². The maximum atomic E-state index is 12.6. The zero-order valence-electron chi connectivity index (χ0n) is 9.09. The molecule has 2 N–H and O–H groups in total. The number of aromatic nitrogens is 2. The SMILES string of the molecule is FC(F)c1cc(N[C@@H]2CCCNC2)nnc1Cl. The Labute approximate surface area is 103 Å². The van der Waals surface area contributed by atoms with Gasteiger partial charge in [0.1, 0.15) is 5.82 Å².